The van der Waals surface area contributed by atoms with Gasteiger partial charge in [-0.1, -0.05) is 6.92 Å². The van der Waals surface area contributed by atoms with Crippen molar-refractivity contribution >= 4 is 5.91 Å². The molecule has 0 aromatic carbocycles. The van der Waals surface area contributed by atoms with Crippen molar-refractivity contribution in [3.8, 4) is 6.07 Å². The number of carbonyl (C=O) groups is 1. The summed E-state index contributed by atoms with van der Waals surface area (Å²) in [7, 11) is 0. The van der Waals surface area contributed by atoms with Crippen molar-refractivity contribution in [1.29, 1.82) is 5.26 Å². The molecule has 1 fully saturated rings. The minimum Gasteiger partial charge on any atom is -0.341 e. The molecule has 96 valence electrons. The zero-order valence-electron chi connectivity index (χ0n) is 9.63. The van der Waals surface area contributed by atoms with Crippen LogP contribution in [-0.2, 0) is 4.79 Å². The standard InChI is InChI=1S/C11H15F3N2O/c1-2-8(6-15)10(17)16-5-3-4-9(7-16)11(12,13)14/h8-9H,2-5,7H2,1H3. The summed E-state index contributed by atoms with van der Waals surface area (Å²) in [5.41, 5.74) is 0. The second kappa shape index (κ2) is 5.39. The van der Waals surface area contributed by atoms with E-state index < -0.39 is 23.9 Å². The first-order valence-corrected chi connectivity index (χ1v) is 5.65. The van der Waals surface area contributed by atoms with Gasteiger partial charge in [0.1, 0.15) is 5.92 Å². The van der Waals surface area contributed by atoms with Crippen LogP contribution in [0.1, 0.15) is 26.2 Å². The van der Waals surface area contributed by atoms with Crippen LogP contribution in [0.4, 0.5) is 13.2 Å². The summed E-state index contributed by atoms with van der Waals surface area (Å²) >= 11 is 0. The normalized spacial score (nSPS) is 23.0. The highest BCUT2D eigenvalue weighted by molar-refractivity contribution is 5.81. The summed E-state index contributed by atoms with van der Waals surface area (Å²) in [4.78, 5) is 12.9. The number of piperidine rings is 1. The number of carbonyl (C=O) groups excluding carboxylic acids is 1. The van der Waals surface area contributed by atoms with Crippen LogP contribution in [0.2, 0.25) is 0 Å². The maximum Gasteiger partial charge on any atom is 0.393 e. The van der Waals surface area contributed by atoms with Crippen molar-refractivity contribution in [2.75, 3.05) is 13.1 Å². The molecular formula is C11H15F3N2O. The Morgan fingerprint density at radius 3 is 2.71 bits per heavy atom. The maximum absolute atomic E-state index is 12.5. The molecule has 2 atom stereocenters. The molecule has 1 aliphatic heterocycles. The lowest BCUT2D eigenvalue weighted by Crippen LogP contribution is -2.46. The first kappa shape index (κ1) is 13.8. The smallest absolute Gasteiger partial charge is 0.341 e. The maximum atomic E-state index is 12.5. The van der Waals surface area contributed by atoms with Gasteiger partial charge < -0.3 is 4.90 Å². The van der Waals surface area contributed by atoms with Gasteiger partial charge in [0.15, 0.2) is 0 Å². The number of nitrogens with zero attached hydrogens (tertiary/aromatic N) is 2. The van der Waals surface area contributed by atoms with Crippen LogP contribution in [0.3, 0.4) is 0 Å². The molecule has 6 heteroatoms. The van der Waals surface area contributed by atoms with E-state index >= 15 is 0 Å². The Kier molecular flexibility index (Phi) is 4.38. The topological polar surface area (TPSA) is 44.1 Å². The molecule has 0 bridgehead atoms. The van der Waals surface area contributed by atoms with E-state index in [1.807, 2.05) is 6.07 Å². The van der Waals surface area contributed by atoms with E-state index in [4.69, 9.17) is 5.26 Å². The van der Waals surface area contributed by atoms with Crippen molar-refractivity contribution in [2.24, 2.45) is 11.8 Å². The zero-order valence-corrected chi connectivity index (χ0v) is 9.63. The Bertz CT molecular complexity index is 322. The van der Waals surface area contributed by atoms with Gasteiger partial charge in [-0.25, -0.2) is 0 Å². The summed E-state index contributed by atoms with van der Waals surface area (Å²) in [6.45, 7) is 1.70. The van der Waals surface area contributed by atoms with E-state index in [1.54, 1.807) is 6.92 Å². The van der Waals surface area contributed by atoms with Crippen LogP contribution in [0.25, 0.3) is 0 Å². The zero-order chi connectivity index (χ0) is 13.1. The van der Waals surface area contributed by atoms with Crippen molar-refractivity contribution in [2.45, 2.75) is 32.4 Å². The largest absolute Gasteiger partial charge is 0.393 e. The highest BCUT2D eigenvalue weighted by Crippen LogP contribution is 2.33. The predicted octanol–water partition coefficient (Wildman–Crippen LogP) is 2.34. The van der Waals surface area contributed by atoms with Gasteiger partial charge in [-0.15, -0.1) is 0 Å². The van der Waals surface area contributed by atoms with Crippen molar-refractivity contribution in [1.82, 2.24) is 4.90 Å². The number of hydrogen-bond acceptors (Lipinski definition) is 2. The summed E-state index contributed by atoms with van der Waals surface area (Å²) < 4.78 is 37.6. The number of hydrogen-bond donors (Lipinski definition) is 0. The number of amides is 1. The van der Waals surface area contributed by atoms with Crippen LogP contribution in [0.15, 0.2) is 0 Å². The lowest BCUT2D eigenvalue weighted by Gasteiger charge is -2.34. The number of alkyl halides is 3. The number of halogens is 3. The van der Waals surface area contributed by atoms with E-state index in [1.165, 1.54) is 4.90 Å². The van der Waals surface area contributed by atoms with Gasteiger partial charge in [-0.3, -0.25) is 4.79 Å². The molecule has 1 amide bonds. The van der Waals surface area contributed by atoms with Gasteiger partial charge in [-0.05, 0) is 19.3 Å². The van der Waals surface area contributed by atoms with E-state index in [9.17, 15) is 18.0 Å². The van der Waals surface area contributed by atoms with Crippen LogP contribution in [-0.4, -0.2) is 30.1 Å². The van der Waals surface area contributed by atoms with Crippen LogP contribution < -0.4 is 0 Å². The minimum atomic E-state index is -4.26. The van der Waals surface area contributed by atoms with Crippen LogP contribution in [0, 0.1) is 23.2 Å². The fourth-order valence-electron chi connectivity index (χ4n) is 1.99. The van der Waals surface area contributed by atoms with Gasteiger partial charge in [0.2, 0.25) is 5.91 Å². The van der Waals surface area contributed by atoms with Crippen molar-refractivity contribution in [3.05, 3.63) is 0 Å². The van der Waals surface area contributed by atoms with E-state index in [0.29, 0.717) is 19.4 Å². The molecule has 1 saturated heterocycles. The Balaban J connectivity index is 2.67. The summed E-state index contributed by atoms with van der Waals surface area (Å²) in [5, 5.41) is 8.73. The molecular weight excluding hydrogens is 233 g/mol. The minimum absolute atomic E-state index is 0.0661. The molecule has 0 radical (unpaired) electrons. The highest BCUT2D eigenvalue weighted by atomic mass is 19.4. The lowest BCUT2D eigenvalue weighted by atomic mass is 9.96. The second-order valence-electron chi connectivity index (χ2n) is 4.25. The average molecular weight is 248 g/mol. The van der Waals surface area contributed by atoms with Gasteiger partial charge in [0.25, 0.3) is 0 Å². The van der Waals surface area contributed by atoms with E-state index in [-0.39, 0.29) is 13.0 Å². The Hall–Kier alpha value is -1.25. The van der Waals surface area contributed by atoms with Crippen molar-refractivity contribution in [3.63, 3.8) is 0 Å². The van der Waals surface area contributed by atoms with Gasteiger partial charge in [0.05, 0.1) is 12.0 Å². The molecule has 0 aromatic heterocycles. The second-order valence-corrected chi connectivity index (χ2v) is 4.25. The Morgan fingerprint density at radius 2 is 2.24 bits per heavy atom. The predicted molar refractivity (Wildman–Crippen MR) is 54.8 cm³/mol. The molecule has 17 heavy (non-hydrogen) atoms. The quantitative estimate of drug-likeness (QED) is 0.752. The monoisotopic (exact) mass is 248 g/mol. The summed E-state index contributed by atoms with van der Waals surface area (Å²) in [6, 6.07) is 1.83. The lowest BCUT2D eigenvalue weighted by molar-refractivity contribution is -0.188. The van der Waals surface area contributed by atoms with Gasteiger partial charge in [0, 0.05) is 13.1 Å². The number of likely N-dealkylation sites (tertiary alicyclic amines) is 1. The third-order valence-corrected chi connectivity index (χ3v) is 3.06. The van der Waals surface area contributed by atoms with Crippen LogP contribution >= 0.6 is 0 Å². The molecule has 0 spiro atoms. The average Bonchev–Trinajstić information content (AvgIpc) is 2.29. The fraction of sp³-hybridized carbons (Fsp3) is 0.818. The third kappa shape index (κ3) is 3.35. The molecule has 2 unspecified atom stereocenters. The molecule has 1 heterocycles. The number of nitriles is 1. The SMILES string of the molecule is CCC(C#N)C(=O)N1CCCC(C(F)(F)F)C1. The first-order chi connectivity index (χ1) is 7.90. The van der Waals surface area contributed by atoms with Gasteiger partial charge in [-0.2, -0.15) is 18.4 Å². The molecule has 0 aromatic rings. The molecule has 1 aliphatic rings. The molecule has 0 N–H and O–H groups in total. The Labute approximate surface area is 98.2 Å². The fourth-order valence-corrected chi connectivity index (χ4v) is 1.99. The summed E-state index contributed by atoms with van der Waals surface area (Å²) in [5.74, 6) is -2.73. The van der Waals surface area contributed by atoms with E-state index in [2.05, 4.69) is 0 Å². The molecule has 3 nitrogen and oxygen atoms in total. The molecule has 0 aliphatic carbocycles. The van der Waals surface area contributed by atoms with Gasteiger partial charge >= 0.3 is 6.18 Å². The number of rotatable bonds is 2. The highest BCUT2D eigenvalue weighted by Gasteiger charge is 2.43. The van der Waals surface area contributed by atoms with Crippen molar-refractivity contribution < 1.29 is 18.0 Å². The summed E-state index contributed by atoms with van der Waals surface area (Å²) in [6.07, 6.45) is -3.51. The van der Waals surface area contributed by atoms with Crippen LogP contribution in [0.5, 0.6) is 0 Å². The first-order valence-electron chi connectivity index (χ1n) is 5.65. The Morgan fingerprint density at radius 1 is 1.59 bits per heavy atom. The van der Waals surface area contributed by atoms with E-state index in [0.717, 1.165) is 0 Å². The molecule has 0 saturated carbocycles. The third-order valence-electron chi connectivity index (χ3n) is 3.06. The molecule has 1 rings (SSSR count).